The Morgan fingerprint density at radius 3 is 2.62 bits per heavy atom. The second-order valence-electron chi connectivity index (χ2n) is 5.40. The van der Waals surface area contributed by atoms with E-state index in [2.05, 4.69) is 9.46 Å². The third kappa shape index (κ3) is 3.35. The lowest BCUT2D eigenvalue weighted by Gasteiger charge is -2.18. The highest BCUT2D eigenvalue weighted by atomic mass is 32.2. The molecule has 0 atom stereocenters. The van der Waals surface area contributed by atoms with Crippen LogP contribution in [-0.4, -0.2) is 28.1 Å². The van der Waals surface area contributed by atoms with Crippen LogP contribution in [0.25, 0.3) is 0 Å². The number of methoxy groups -OCH3 is 1. The SMILES string of the molecule is COC(=O)c1ccc(NS(=O)(=O)c2ccc3c(c2)CCCO3)cc1. The number of nitrogens with one attached hydrogen (secondary N) is 1. The van der Waals surface area contributed by atoms with Crippen LogP contribution in [-0.2, 0) is 21.2 Å². The van der Waals surface area contributed by atoms with E-state index in [4.69, 9.17) is 4.74 Å². The lowest BCUT2D eigenvalue weighted by Crippen LogP contribution is -2.15. The van der Waals surface area contributed by atoms with Crippen molar-refractivity contribution < 1.29 is 22.7 Å². The number of sulfonamides is 1. The van der Waals surface area contributed by atoms with Gasteiger partial charge in [-0.2, -0.15) is 0 Å². The first-order valence-electron chi connectivity index (χ1n) is 7.46. The number of carbonyl (C=O) groups excluding carboxylic acids is 1. The van der Waals surface area contributed by atoms with Crippen molar-refractivity contribution in [3.63, 3.8) is 0 Å². The van der Waals surface area contributed by atoms with Gasteiger partial charge in [-0.25, -0.2) is 13.2 Å². The van der Waals surface area contributed by atoms with Gasteiger partial charge in [0.2, 0.25) is 0 Å². The topological polar surface area (TPSA) is 81.7 Å². The van der Waals surface area contributed by atoms with Crippen LogP contribution in [0.15, 0.2) is 47.4 Å². The fourth-order valence-electron chi connectivity index (χ4n) is 2.51. The molecule has 2 aromatic carbocycles. The Kier molecular flexibility index (Phi) is 4.44. The monoisotopic (exact) mass is 347 g/mol. The Bertz CT molecular complexity index is 859. The number of esters is 1. The fraction of sp³-hybridized carbons (Fsp3) is 0.235. The standard InChI is InChI=1S/C17H17NO5S/c1-22-17(19)12-4-6-14(7-5-12)18-24(20,21)15-8-9-16-13(11-15)3-2-10-23-16/h4-9,11,18H,2-3,10H2,1H3. The molecule has 0 fully saturated rings. The molecule has 1 aliphatic rings. The number of hydrogen-bond donors (Lipinski definition) is 1. The molecule has 3 rings (SSSR count). The molecular formula is C17H17NO5S. The number of ether oxygens (including phenoxy) is 2. The van der Waals surface area contributed by atoms with Crippen molar-refractivity contribution in [2.24, 2.45) is 0 Å². The first kappa shape index (κ1) is 16.3. The molecule has 0 saturated heterocycles. The van der Waals surface area contributed by atoms with Gasteiger partial charge in [0.15, 0.2) is 0 Å². The first-order valence-corrected chi connectivity index (χ1v) is 8.95. The minimum atomic E-state index is -3.71. The highest BCUT2D eigenvalue weighted by Crippen LogP contribution is 2.28. The third-order valence-corrected chi connectivity index (χ3v) is 5.13. The van der Waals surface area contributed by atoms with E-state index in [0.29, 0.717) is 17.9 Å². The lowest BCUT2D eigenvalue weighted by molar-refractivity contribution is 0.0601. The van der Waals surface area contributed by atoms with Gasteiger partial charge < -0.3 is 9.47 Å². The number of aryl methyl sites for hydroxylation is 1. The molecule has 24 heavy (non-hydrogen) atoms. The Morgan fingerprint density at radius 1 is 1.17 bits per heavy atom. The maximum absolute atomic E-state index is 12.5. The van der Waals surface area contributed by atoms with E-state index in [1.165, 1.54) is 37.4 Å². The Hall–Kier alpha value is -2.54. The van der Waals surface area contributed by atoms with Gasteiger partial charge in [0.25, 0.3) is 10.0 Å². The van der Waals surface area contributed by atoms with E-state index in [0.717, 1.165) is 24.2 Å². The van der Waals surface area contributed by atoms with E-state index in [1.54, 1.807) is 12.1 Å². The van der Waals surface area contributed by atoms with Crippen molar-refractivity contribution in [3.8, 4) is 5.75 Å². The molecule has 0 bridgehead atoms. The third-order valence-electron chi connectivity index (χ3n) is 3.75. The van der Waals surface area contributed by atoms with Crippen molar-refractivity contribution >= 4 is 21.7 Å². The summed E-state index contributed by atoms with van der Waals surface area (Å²) in [5.41, 5.74) is 1.62. The molecule has 0 radical (unpaired) electrons. The fourth-order valence-corrected chi connectivity index (χ4v) is 3.62. The van der Waals surface area contributed by atoms with Gasteiger partial charge in [-0.3, -0.25) is 4.72 Å². The number of anilines is 1. The van der Waals surface area contributed by atoms with Crippen LogP contribution >= 0.6 is 0 Å². The van der Waals surface area contributed by atoms with Gasteiger partial charge in [-0.15, -0.1) is 0 Å². The van der Waals surface area contributed by atoms with Crippen LogP contribution in [0.4, 0.5) is 5.69 Å². The van der Waals surface area contributed by atoms with Gasteiger partial charge in [0.1, 0.15) is 5.75 Å². The Balaban J connectivity index is 1.82. The highest BCUT2D eigenvalue weighted by Gasteiger charge is 2.18. The molecule has 0 aromatic heterocycles. The van der Waals surface area contributed by atoms with E-state index >= 15 is 0 Å². The summed E-state index contributed by atoms with van der Waals surface area (Å²) in [6, 6.07) is 10.9. The number of carbonyl (C=O) groups is 1. The van der Waals surface area contributed by atoms with E-state index in [9.17, 15) is 13.2 Å². The molecule has 7 heteroatoms. The van der Waals surface area contributed by atoms with Crippen LogP contribution in [0.5, 0.6) is 5.75 Å². The molecule has 2 aromatic rings. The highest BCUT2D eigenvalue weighted by molar-refractivity contribution is 7.92. The molecular weight excluding hydrogens is 330 g/mol. The first-order chi connectivity index (χ1) is 11.5. The minimum Gasteiger partial charge on any atom is -0.493 e. The summed E-state index contributed by atoms with van der Waals surface area (Å²) >= 11 is 0. The zero-order valence-corrected chi connectivity index (χ0v) is 13.9. The summed E-state index contributed by atoms with van der Waals surface area (Å²) in [6.07, 6.45) is 1.67. The van der Waals surface area contributed by atoms with Crippen molar-refractivity contribution in [2.45, 2.75) is 17.7 Å². The van der Waals surface area contributed by atoms with Crippen molar-refractivity contribution in [2.75, 3.05) is 18.4 Å². The van der Waals surface area contributed by atoms with Gasteiger partial charge >= 0.3 is 5.97 Å². The molecule has 1 heterocycles. The number of rotatable bonds is 4. The maximum Gasteiger partial charge on any atom is 0.337 e. The second-order valence-corrected chi connectivity index (χ2v) is 7.08. The Labute approximate surface area is 140 Å². The number of benzene rings is 2. The average molecular weight is 347 g/mol. The van der Waals surface area contributed by atoms with Crippen molar-refractivity contribution in [3.05, 3.63) is 53.6 Å². The van der Waals surface area contributed by atoms with Crippen LogP contribution in [0.2, 0.25) is 0 Å². The summed E-state index contributed by atoms with van der Waals surface area (Å²) in [6.45, 7) is 0.657. The maximum atomic E-state index is 12.5. The second kappa shape index (κ2) is 6.52. The number of hydrogen-bond acceptors (Lipinski definition) is 5. The molecule has 0 unspecified atom stereocenters. The molecule has 0 spiro atoms. The molecule has 1 N–H and O–H groups in total. The average Bonchev–Trinajstić information content (AvgIpc) is 2.61. The Morgan fingerprint density at radius 2 is 1.92 bits per heavy atom. The molecule has 0 aliphatic carbocycles. The molecule has 126 valence electrons. The van der Waals surface area contributed by atoms with Crippen LogP contribution in [0, 0.1) is 0 Å². The van der Waals surface area contributed by atoms with Gasteiger partial charge in [0, 0.05) is 5.69 Å². The van der Waals surface area contributed by atoms with E-state index < -0.39 is 16.0 Å². The van der Waals surface area contributed by atoms with Gasteiger partial charge in [-0.05, 0) is 60.9 Å². The van der Waals surface area contributed by atoms with E-state index in [-0.39, 0.29) is 4.90 Å². The van der Waals surface area contributed by atoms with Crippen LogP contribution in [0.1, 0.15) is 22.3 Å². The predicted molar refractivity (Wildman–Crippen MR) is 88.8 cm³/mol. The van der Waals surface area contributed by atoms with Crippen molar-refractivity contribution in [1.29, 1.82) is 0 Å². The molecule has 0 saturated carbocycles. The summed E-state index contributed by atoms with van der Waals surface area (Å²) in [5, 5.41) is 0. The summed E-state index contributed by atoms with van der Waals surface area (Å²) < 4.78 is 37.6. The summed E-state index contributed by atoms with van der Waals surface area (Å²) in [4.78, 5) is 11.6. The summed E-state index contributed by atoms with van der Waals surface area (Å²) in [5.74, 6) is 0.265. The summed E-state index contributed by atoms with van der Waals surface area (Å²) in [7, 11) is -2.42. The molecule has 6 nitrogen and oxygen atoms in total. The van der Waals surface area contributed by atoms with Crippen LogP contribution in [0.3, 0.4) is 0 Å². The lowest BCUT2D eigenvalue weighted by atomic mass is 10.1. The molecule has 1 aliphatic heterocycles. The normalized spacial score (nSPS) is 13.5. The van der Waals surface area contributed by atoms with Gasteiger partial charge in [-0.1, -0.05) is 0 Å². The zero-order valence-electron chi connectivity index (χ0n) is 13.1. The zero-order chi connectivity index (χ0) is 17.2. The largest absolute Gasteiger partial charge is 0.493 e. The van der Waals surface area contributed by atoms with Gasteiger partial charge in [0.05, 0.1) is 24.2 Å². The van der Waals surface area contributed by atoms with Crippen LogP contribution < -0.4 is 9.46 Å². The van der Waals surface area contributed by atoms with E-state index in [1.807, 2.05) is 0 Å². The molecule has 0 amide bonds. The van der Waals surface area contributed by atoms with Crippen molar-refractivity contribution in [1.82, 2.24) is 0 Å². The smallest absolute Gasteiger partial charge is 0.337 e. The number of fused-ring (bicyclic) bond motifs is 1. The quantitative estimate of drug-likeness (QED) is 0.860. The predicted octanol–water partition coefficient (Wildman–Crippen LogP) is 2.60. The minimum absolute atomic E-state index is 0.184.